The molecule has 2 rings (SSSR count). The second-order valence-corrected chi connectivity index (χ2v) is 6.11. The number of nitrogens with one attached hydrogen (secondary N) is 2. The van der Waals surface area contributed by atoms with E-state index in [0.717, 1.165) is 30.9 Å². The molecule has 0 atom stereocenters. The van der Waals surface area contributed by atoms with E-state index in [1.165, 1.54) is 11.5 Å². The van der Waals surface area contributed by atoms with Crippen molar-refractivity contribution in [2.24, 2.45) is 5.84 Å². The van der Waals surface area contributed by atoms with Crippen molar-refractivity contribution < 1.29 is 4.79 Å². The van der Waals surface area contributed by atoms with Crippen molar-refractivity contribution in [1.29, 1.82) is 0 Å². The minimum atomic E-state index is -0.0249. The van der Waals surface area contributed by atoms with E-state index >= 15 is 0 Å². The first-order chi connectivity index (χ1) is 9.70. The van der Waals surface area contributed by atoms with Gasteiger partial charge in [-0.1, -0.05) is 0 Å². The molecule has 0 unspecified atom stereocenters. The van der Waals surface area contributed by atoms with E-state index in [4.69, 9.17) is 5.84 Å². The number of aryl methyl sites for hydroxylation is 1. The number of nitrogen functional groups attached to an aromatic ring is 1. The van der Waals surface area contributed by atoms with Gasteiger partial charge >= 0.3 is 0 Å². The molecule has 6 heteroatoms. The zero-order valence-electron chi connectivity index (χ0n) is 11.8. The average molecular weight is 294 g/mol. The van der Waals surface area contributed by atoms with Gasteiger partial charge in [-0.15, -0.1) is 0 Å². The van der Waals surface area contributed by atoms with Gasteiger partial charge in [0, 0.05) is 43.2 Å². The molecule has 0 radical (unpaired) electrons. The third-order valence-electron chi connectivity index (χ3n) is 3.46. The highest BCUT2D eigenvalue weighted by Crippen LogP contribution is 2.15. The first-order valence-electron chi connectivity index (χ1n) is 6.86. The Labute approximate surface area is 124 Å². The van der Waals surface area contributed by atoms with Crippen molar-refractivity contribution in [3.8, 4) is 0 Å². The van der Waals surface area contributed by atoms with Gasteiger partial charge in [-0.05, 0) is 30.7 Å². The Bertz CT molecular complexity index is 460. The summed E-state index contributed by atoms with van der Waals surface area (Å²) in [5.74, 6) is 7.75. The van der Waals surface area contributed by atoms with Crippen LogP contribution in [0.1, 0.15) is 15.9 Å². The molecule has 1 fully saturated rings. The Morgan fingerprint density at radius 3 is 2.80 bits per heavy atom. The summed E-state index contributed by atoms with van der Waals surface area (Å²) in [5, 5.41) is 2.97. The molecule has 0 aromatic heterocycles. The number of anilines is 1. The molecule has 20 heavy (non-hydrogen) atoms. The maximum absolute atomic E-state index is 12.1. The molecule has 1 saturated heterocycles. The normalized spacial score (nSPS) is 15.9. The fraction of sp³-hybridized carbons (Fsp3) is 0.500. The van der Waals surface area contributed by atoms with Crippen LogP contribution in [0.15, 0.2) is 18.2 Å². The van der Waals surface area contributed by atoms with Crippen LogP contribution in [0.2, 0.25) is 0 Å². The first kappa shape index (κ1) is 15.2. The molecule has 0 spiro atoms. The van der Waals surface area contributed by atoms with Crippen molar-refractivity contribution >= 4 is 23.4 Å². The van der Waals surface area contributed by atoms with Crippen LogP contribution in [-0.4, -0.2) is 48.5 Å². The number of nitrogens with zero attached hydrogens (tertiary/aromatic N) is 1. The third kappa shape index (κ3) is 4.13. The highest BCUT2D eigenvalue weighted by Gasteiger charge is 2.11. The van der Waals surface area contributed by atoms with Crippen molar-refractivity contribution in [1.82, 2.24) is 10.2 Å². The molecule has 1 aliphatic rings. The lowest BCUT2D eigenvalue weighted by molar-refractivity contribution is 0.0949. The summed E-state index contributed by atoms with van der Waals surface area (Å²) < 4.78 is 0. The van der Waals surface area contributed by atoms with Gasteiger partial charge in [0.15, 0.2) is 0 Å². The van der Waals surface area contributed by atoms with Crippen molar-refractivity contribution in [3.05, 3.63) is 29.3 Å². The summed E-state index contributed by atoms with van der Waals surface area (Å²) in [5.41, 5.74) is 5.09. The van der Waals surface area contributed by atoms with Gasteiger partial charge < -0.3 is 10.7 Å². The molecular formula is C14H22N4OS. The molecule has 4 N–H and O–H groups in total. The minimum Gasteiger partial charge on any atom is -0.351 e. The Kier molecular flexibility index (Phi) is 5.70. The number of benzene rings is 1. The van der Waals surface area contributed by atoms with Crippen LogP contribution in [0, 0.1) is 6.92 Å². The third-order valence-corrected chi connectivity index (χ3v) is 4.40. The van der Waals surface area contributed by atoms with Gasteiger partial charge in [-0.3, -0.25) is 15.5 Å². The summed E-state index contributed by atoms with van der Waals surface area (Å²) >= 11 is 2.00. The molecular weight excluding hydrogens is 272 g/mol. The highest BCUT2D eigenvalue weighted by molar-refractivity contribution is 7.99. The molecule has 1 aromatic carbocycles. The number of carbonyl (C=O) groups is 1. The lowest BCUT2D eigenvalue weighted by atomic mass is 10.1. The number of carbonyl (C=O) groups excluding carboxylic acids is 1. The molecule has 1 heterocycles. The molecule has 0 saturated carbocycles. The Morgan fingerprint density at radius 2 is 2.15 bits per heavy atom. The van der Waals surface area contributed by atoms with Crippen LogP contribution < -0.4 is 16.6 Å². The van der Waals surface area contributed by atoms with Gasteiger partial charge in [0.05, 0.1) is 5.69 Å². The quantitative estimate of drug-likeness (QED) is 0.559. The van der Waals surface area contributed by atoms with Gasteiger partial charge in [0.1, 0.15) is 0 Å². The zero-order valence-corrected chi connectivity index (χ0v) is 12.6. The predicted molar refractivity (Wildman–Crippen MR) is 85.1 cm³/mol. The van der Waals surface area contributed by atoms with Gasteiger partial charge in [0.25, 0.3) is 5.91 Å². The summed E-state index contributed by atoms with van der Waals surface area (Å²) in [4.78, 5) is 14.4. The van der Waals surface area contributed by atoms with Crippen LogP contribution >= 0.6 is 11.8 Å². The lowest BCUT2D eigenvalue weighted by Crippen LogP contribution is -2.39. The van der Waals surface area contributed by atoms with Crippen molar-refractivity contribution in [2.45, 2.75) is 6.92 Å². The van der Waals surface area contributed by atoms with E-state index in [-0.39, 0.29) is 5.91 Å². The fourth-order valence-corrected chi connectivity index (χ4v) is 3.20. The summed E-state index contributed by atoms with van der Waals surface area (Å²) in [7, 11) is 0. The number of hydrogen-bond donors (Lipinski definition) is 3. The van der Waals surface area contributed by atoms with Crippen LogP contribution in [0.25, 0.3) is 0 Å². The van der Waals surface area contributed by atoms with E-state index in [1.807, 2.05) is 30.8 Å². The molecule has 1 aliphatic heterocycles. The topological polar surface area (TPSA) is 70.4 Å². The van der Waals surface area contributed by atoms with Gasteiger partial charge in [0.2, 0.25) is 0 Å². The van der Waals surface area contributed by atoms with Gasteiger partial charge in [-0.25, -0.2) is 0 Å². The predicted octanol–water partition coefficient (Wildman–Crippen LogP) is 1.06. The van der Waals surface area contributed by atoms with E-state index in [2.05, 4.69) is 15.6 Å². The van der Waals surface area contributed by atoms with Crippen molar-refractivity contribution in [3.63, 3.8) is 0 Å². The smallest absolute Gasteiger partial charge is 0.251 e. The van der Waals surface area contributed by atoms with E-state index in [9.17, 15) is 4.79 Å². The number of nitrogens with two attached hydrogens (primary N) is 1. The Hall–Kier alpha value is -1.24. The van der Waals surface area contributed by atoms with Crippen LogP contribution in [0.4, 0.5) is 5.69 Å². The number of hydrazine groups is 1. The summed E-state index contributed by atoms with van der Waals surface area (Å²) in [6.45, 7) is 5.79. The lowest BCUT2D eigenvalue weighted by Gasteiger charge is -2.26. The second kappa shape index (κ2) is 7.52. The molecule has 1 aromatic rings. The number of thioether (sulfide) groups is 1. The van der Waals surface area contributed by atoms with Crippen LogP contribution in [-0.2, 0) is 0 Å². The van der Waals surface area contributed by atoms with Crippen LogP contribution in [0.3, 0.4) is 0 Å². The zero-order chi connectivity index (χ0) is 14.4. The number of rotatable bonds is 5. The standard InChI is InChI=1S/C14H22N4OS/c1-11-10-12(2-3-13(11)17-15)14(19)16-4-5-18-6-8-20-9-7-18/h2-3,10,17H,4-9,15H2,1H3,(H,16,19). The molecule has 1 amide bonds. The Morgan fingerprint density at radius 1 is 1.40 bits per heavy atom. The molecule has 110 valence electrons. The van der Waals surface area contributed by atoms with E-state index < -0.39 is 0 Å². The largest absolute Gasteiger partial charge is 0.351 e. The van der Waals surface area contributed by atoms with E-state index in [0.29, 0.717) is 12.1 Å². The fourth-order valence-electron chi connectivity index (χ4n) is 2.22. The maximum Gasteiger partial charge on any atom is 0.251 e. The number of amides is 1. The highest BCUT2D eigenvalue weighted by atomic mass is 32.2. The molecule has 0 aliphatic carbocycles. The molecule has 0 bridgehead atoms. The Balaban J connectivity index is 1.80. The SMILES string of the molecule is Cc1cc(C(=O)NCCN2CCSCC2)ccc1NN. The summed E-state index contributed by atoms with van der Waals surface area (Å²) in [6, 6.07) is 5.46. The number of hydrogen-bond acceptors (Lipinski definition) is 5. The van der Waals surface area contributed by atoms with Crippen LogP contribution in [0.5, 0.6) is 0 Å². The average Bonchev–Trinajstić information content (AvgIpc) is 2.48. The first-order valence-corrected chi connectivity index (χ1v) is 8.02. The second-order valence-electron chi connectivity index (χ2n) is 4.88. The molecule has 5 nitrogen and oxygen atoms in total. The van der Waals surface area contributed by atoms with E-state index in [1.54, 1.807) is 6.07 Å². The van der Waals surface area contributed by atoms with Crippen molar-refractivity contribution in [2.75, 3.05) is 43.1 Å². The summed E-state index contributed by atoms with van der Waals surface area (Å²) in [6.07, 6.45) is 0. The van der Waals surface area contributed by atoms with Gasteiger partial charge in [-0.2, -0.15) is 11.8 Å². The maximum atomic E-state index is 12.1. The monoisotopic (exact) mass is 294 g/mol. The minimum absolute atomic E-state index is 0.0249.